The summed E-state index contributed by atoms with van der Waals surface area (Å²) in [6.07, 6.45) is 3.42. The second-order valence-electron chi connectivity index (χ2n) is 9.81. The fourth-order valence-electron chi connectivity index (χ4n) is 4.93. The molecule has 0 bridgehead atoms. The number of anilines is 1. The number of aromatic amines is 1. The van der Waals surface area contributed by atoms with Crippen molar-refractivity contribution in [2.24, 2.45) is 0 Å². The van der Waals surface area contributed by atoms with Gasteiger partial charge in [0.2, 0.25) is 0 Å². The predicted molar refractivity (Wildman–Crippen MR) is 131 cm³/mol. The normalized spacial score (nSPS) is 21.2. The van der Waals surface area contributed by atoms with E-state index in [1.165, 1.54) is 12.3 Å². The third-order valence-corrected chi connectivity index (χ3v) is 6.66. The molecule has 1 saturated carbocycles. The lowest BCUT2D eigenvalue weighted by Crippen LogP contribution is -2.48. The molecule has 1 aromatic carbocycles. The molecular formula is C26H30FN5O3. The number of rotatable bonds is 5. The highest BCUT2D eigenvalue weighted by Crippen LogP contribution is 2.44. The zero-order valence-electron chi connectivity index (χ0n) is 20.4. The van der Waals surface area contributed by atoms with Crippen molar-refractivity contribution in [2.75, 3.05) is 18.4 Å². The molecule has 1 unspecified atom stereocenters. The Bertz CT molecular complexity index is 1340. The van der Waals surface area contributed by atoms with Crippen LogP contribution in [0, 0.1) is 12.7 Å². The zero-order valence-corrected chi connectivity index (χ0v) is 20.4. The van der Waals surface area contributed by atoms with Crippen LogP contribution >= 0.6 is 0 Å². The number of nitrogens with one attached hydrogen (secondary N) is 2. The van der Waals surface area contributed by atoms with Gasteiger partial charge in [-0.3, -0.25) is 9.59 Å². The molecule has 1 saturated heterocycles. The predicted octanol–water partition coefficient (Wildman–Crippen LogP) is 4.07. The maximum absolute atomic E-state index is 15.1. The van der Waals surface area contributed by atoms with E-state index in [4.69, 9.17) is 4.74 Å². The molecule has 0 radical (unpaired) electrons. The van der Waals surface area contributed by atoms with Gasteiger partial charge in [-0.25, -0.2) is 14.4 Å². The first-order chi connectivity index (χ1) is 16.7. The van der Waals surface area contributed by atoms with Crippen molar-refractivity contribution >= 4 is 22.6 Å². The standard InChI is InChI=1S/C26H30FN5O3/c1-13-11-32(12-14(2)35-13)26(34)18-7-22(27)24(28-10-18)29-15(3)19-8-21-23(9-20(19)17-5-6-17)30-16(4)31-25(21)33/h7-10,13-15,17H,5-6,11-12H2,1-4H3,(H,28,29)(H,30,31,33)/t13-,14+,15?. The van der Waals surface area contributed by atoms with Crippen LogP contribution in [0.1, 0.15) is 72.9 Å². The van der Waals surface area contributed by atoms with Gasteiger partial charge < -0.3 is 19.9 Å². The van der Waals surface area contributed by atoms with Crippen LogP contribution in [0.5, 0.6) is 0 Å². The van der Waals surface area contributed by atoms with Gasteiger partial charge >= 0.3 is 0 Å². The molecule has 1 aliphatic heterocycles. The topological polar surface area (TPSA) is 100 Å². The lowest BCUT2D eigenvalue weighted by molar-refractivity contribution is -0.0586. The van der Waals surface area contributed by atoms with Crippen molar-refractivity contribution in [2.45, 2.75) is 64.7 Å². The molecule has 3 aromatic rings. The molecule has 1 amide bonds. The Balaban J connectivity index is 1.40. The summed E-state index contributed by atoms with van der Waals surface area (Å²) in [5.74, 6) is 0.197. The van der Waals surface area contributed by atoms with Gasteiger partial charge in [-0.05, 0) is 75.8 Å². The third-order valence-electron chi connectivity index (χ3n) is 6.66. The molecule has 0 spiro atoms. The molecule has 2 aliphatic rings. The number of pyridine rings is 1. The van der Waals surface area contributed by atoms with E-state index in [-0.39, 0.29) is 41.1 Å². The minimum Gasteiger partial charge on any atom is -0.372 e. The number of carbonyl (C=O) groups is 1. The summed E-state index contributed by atoms with van der Waals surface area (Å²) in [5.41, 5.74) is 2.73. The van der Waals surface area contributed by atoms with Gasteiger partial charge in [-0.15, -0.1) is 0 Å². The molecule has 2 N–H and O–H groups in total. The summed E-state index contributed by atoms with van der Waals surface area (Å²) in [6, 6.07) is 4.76. The number of hydrogen-bond donors (Lipinski definition) is 2. The van der Waals surface area contributed by atoms with Crippen LogP contribution in [0.3, 0.4) is 0 Å². The first-order valence-corrected chi connectivity index (χ1v) is 12.1. The van der Waals surface area contributed by atoms with E-state index < -0.39 is 5.82 Å². The molecule has 8 nitrogen and oxygen atoms in total. The second-order valence-corrected chi connectivity index (χ2v) is 9.81. The number of nitrogens with zero attached hydrogens (tertiary/aromatic N) is 3. The van der Waals surface area contributed by atoms with Crippen molar-refractivity contribution in [1.82, 2.24) is 19.9 Å². The van der Waals surface area contributed by atoms with Crippen molar-refractivity contribution in [3.8, 4) is 0 Å². The minimum absolute atomic E-state index is 0.0653. The molecule has 3 atom stereocenters. The van der Waals surface area contributed by atoms with Crippen LogP contribution in [0.15, 0.2) is 29.2 Å². The zero-order chi connectivity index (χ0) is 24.9. The van der Waals surface area contributed by atoms with Gasteiger partial charge in [0.05, 0.1) is 34.7 Å². The summed E-state index contributed by atoms with van der Waals surface area (Å²) >= 11 is 0. The Morgan fingerprint density at radius 2 is 1.94 bits per heavy atom. The summed E-state index contributed by atoms with van der Waals surface area (Å²) in [7, 11) is 0. The maximum atomic E-state index is 15.1. The number of benzene rings is 1. The van der Waals surface area contributed by atoms with Crippen LogP contribution in [-0.2, 0) is 4.74 Å². The number of fused-ring (bicyclic) bond motifs is 1. The molecule has 184 valence electrons. The number of amides is 1. The third kappa shape index (κ3) is 4.77. The SMILES string of the molecule is Cc1nc2cc(C3CC3)c(C(C)Nc3ncc(C(=O)N4C[C@@H](C)O[C@@H](C)C4)cc3F)cc2c(=O)[nH]1. The van der Waals surface area contributed by atoms with Gasteiger partial charge in [-0.2, -0.15) is 0 Å². The number of aryl methyl sites for hydroxylation is 1. The number of aromatic nitrogens is 3. The number of hydrogen-bond acceptors (Lipinski definition) is 6. The van der Waals surface area contributed by atoms with E-state index in [1.807, 2.05) is 32.9 Å². The quantitative estimate of drug-likeness (QED) is 0.572. The average molecular weight is 480 g/mol. The van der Waals surface area contributed by atoms with Crippen molar-refractivity contribution in [1.29, 1.82) is 0 Å². The number of halogens is 1. The Kier molecular flexibility index (Phi) is 6.04. The summed E-state index contributed by atoms with van der Waals surface area (Å²) in [6.45, 7) is 8.43. The van der Waals surface area contributed by atoms with E-state index in [0.29, 0.717) is 35.7 Å². The largest absolute Gasteiger partial charge is 0.372 e. The Labute approximate surface area is 202 Å². The fraction of sp³-hybridized carbons (Fsp3) is 0.462. The smallest absolute Gasteiger partial charge is 0.258 e. The maximum Gasteiger partial charge on any atom is 0.258 e. The number of H-pyrrole nitrogens is 1. The van der Waals surface area contributed by atoms with Gasteiger partial charge in [0.1, 0.15) is 5.82 Å². The van der Waals surface area contributed by atoms with Gasteiger partial charge in [0.15, 0.2) is 11.6 Å². The molecule has 9 heteroatoms. The van der Waals surface area contributed by atoms with E-state index in [2.05, 4.69) is 20.3 Å². The van der Waals surface area contributed by atoms with E-state index in [0.717, 1.165) is 24.0 Å². The number of morpholine rings is 1. The summed E-state index contributed by atoms with van der Waals surface area (Å²) in [5, 5.41) is 3.65. The van der Waals surface area contributed by atoms with Crippen molar-refractivity contribution in [3.05, 3.63) is 63.1 Å². The molecule has 2 fully saturated rings. The molecule has 2 aromatic heterocycles. The Morgan fingerprint density at radius 1 is 1.23 bits per heavy atom. The van der Waals surface area contributed by atoms with E-state index in [9.17, 15) is 9.59 Å². The summed E-state index contributed by atoms with van der Waals surface area (Å²) in [4.78, 5) is 38.6. The first kappa shape index (κ1) is 23.4. The highest BCUT2D eigenvalue weighted by Gasteiger charge is 2.30. The van der Waals surface area contributed by atoms with Crippen LogP contribution in [0.25, 0.3) is 10.9 Å². The van der Waals surface area contributed by atoms with Crippen LogP contribution in [0.2, 0.25) is 0 Å². The second kappa shape index (κ2) is 9.03. The van der Waals surface area contributed by atoms with Gasteiger partial charge in [-0.1, -0.05) is 0 Å². The number of carbonyl (C=O) groups excluding carboxylic acids is 1. The van der Waals surface area contributed by atoms with E-state index >= 15 is 4.39 Å². The van der Waals surface area contributed by atoms with Crippen molar-refractivity contribution in [3.63, 3.8) is 0 Å². The molecule has 1 aliphatic carbocycles. The Hall–Kier alpha value is -3.33. The highest BCUT2D eigenvalue weighted by atomic mass is 19.1. The van der Waals surface area contributed by atoms with Crippen LogP contribution in [0.4, 0.5) is 10.2 Å². The lowest BCUT2D eigenvalue weighted by atomic mass is 9.95. The lowest BCUT2D eigenvalue weighted by Gasteiger charge is -2.35. The molecular weight excluding hydrogens is 449 g/mol. The number of ether oxygens (including phenoxy) is 1. The van der Waals surface area contributed by atoms with Crippen molar-refractivity contribution < 1.29 is 13.9 Å². The fourth-order valence-corrected chi connectivity index (χ4v) is 4.93. The van der Waals surface area contributed by atoms with Gasteiger partial charge in [0, 0.05) is 19.3 Å². The van der Waals surface area contributed by atoms with Gasteiger partial charge in [0.25, 0.3) is 11.5 Å². The molecule has 35 heavy (non-hydrogen) atoms. The average Bonchev–Trinajstić information content (AvgIpc) is 3.64. The molecule has 3 heterocycles. The highest BCUT2D eigenvalue weighted by molar-refractivity contribution is 5.94. The van der Waals surface area contributed by atoms with E-state index in [1.54, 1.807) is 11.8 Å². The first-order valence-electron chi connectivity index (χ1n) is 12.1. The van der Waals surface area contributed by atoms with Crippen LogP contribution in [-0.4, -0.2) is 51.1 Å². The monoisotopic (exact) mass is 479 g/mol. The Morgan fingerprint density at radius 3 is 2.60 bits per heavy atom. The van der Waals surface area contributed by atoms with Crippen LogP contribution < -0.4 is 10.9 Å². The molecule has 5 rings (SSSR count). The minimum atomic E-state index is -0.596. The summed E-state index contributed by atoms with van der Waals surface area (Å²) < 4.78 is 20.7.